The van der Waals surface area contributed by atoms with Crippen molar-refractivity contribution in [2.45, 2.75) is 13.8 Å². The van der Waals surface area contributed by atoms with Crippen LogP contribution in [0.5, 0.6) is 0 Å². The van der Waals surface area contributed by atoms with Gasteiger partial charge in [-0.3, -0.25) is 4.79 Å². The van der Waals surface area contributed by atoms with Crippen molar-refractivity contribution in [2.24, 2.45) is 0 Å². The molecule has 2 nitrogen and oxygen atoms in total. The van der Waals surface area contributed by atoms with Crippen LogP contribution in [0.3, 0.4) is 0 Å². The van der Waals surface area contributed by atoms with E-state index in [0.717, 1.165) is 32.1 Å². The van der Waals surface area contributed by atoms with Crippen molar-refractivity contribution in [2.75, 3.05) is 5.32 Å². The van der Waals surface area contributed by atoms with E-state index in [-0.39, 0.29) is 5.91 Å². The Morgan fingerprint density at radius 1 is 0.955 bits per heavy atom. The van der Waals surface area contributed by atoms with Gasteiger partial charge in [-0.05, 0) is 53.9 Å². The summed E-state index contributed by atoms with van der Waals surface area (Å²) in [6, 6.07) is 17.7. The number of anilines is 1. The molecule has 0 spiro atoms. The van der Waals surface area contributed by atoms with E-state index in [1.165, 1.54) is 0 Å². The Morgan fingerprint density at radius 2 is 1.59 bits per heavy atom. The van der Waals surface area contributed by atoms with Gasteiger partial charge in [-0.25, -0.2) is 0 Å². The molecule has 110 valence electrons. The Hall–Kier alpha value is -2.13. The normalized spacial score (nSPS) is 10.7. The molecule has 0 fully saturated rings. The van der Waals surface area contributed by atoms with Crippen LogP contribution in [-0.4, -0.2) is 5.91 Å². The lowest BCUT2D eigenvalue weighted by Gasteiger charge is -2.13. The van der Waals surface area contributed by atoms with Crippen molar-refractivity contribution in [1.29, 1.82) is 0 Å². The largest absolute Gasteiger partial charge is 0.321 e. The summed E-state index contributed by atoms with van der Waals surface area (Å²) < 4.78 is 1.02. The highest BCUT2D eigenvalue weighted by Crippen LogP contribution is 2.26. The van der Waals surface area contributed by atoms with Crippen LogP contribution in [0.15, 0.2) is 59.1 Å². The van der Waals surface area contributed by atoms with Crippen molar-refractivity contribution in [1.82, 2.24) is 0 Å². The second kappa shape index (κ2) is 5.93. The van der Waals surface area contributed by atoms with Crippen LogP contribution in [0.4, 0.5) is 5.69 Å². The third-order valence-corrected chi connectivity index (χ3v) is 4.23. The Morgan fingerprint density at radius 3 is 2.32 bits per heavy atom. The molecule has 0 aliphatic rings. The fourth-order valence-electron chi connectivity index (χ4n) is 2.71. The van der Waals surface area contributed by atoms with Gasteiger partial charge in [0.1, 0.15) is 0 Å². The van der Waals surface area contributed by atoms with Gasteiger partial charge in [0.25, 0.3) is 5.91 Å². The van der Waals surface area contributed by atoms with Gasteiger partial charge in [-0.2, -0.15) is 0 Å². The molecule has 0 heterocycles. The predicted molar refractivity (Wildman–Crippen MR) is 95.5 cm³/mol. The van der Waals surface area contributed by atoms with E-state index >= 15 is 0 Å². The molecule has 0 aliphatic heterocycles. The number of rotatable bonds is 2. The van der Waals surface area contributed by atoms with E-state index in [4.69, 9.17) is 0 Å². The average molecular weight is 354 g/mol. The number of aryl methyl sites for hydroxylation is 2. The first-order valence-electron chi connectivity index (χ1n) is 7.12. The van der Waals surface area contributed by atoms with Gasteiger partial charge in [-0.1, -0.05) is 52.3 Å². The predicted octanol–water partition coefficient (Wildman–Crippen LogP) is 5.47. The number of hydrogen-bond acceptors (Lipinski definition) is 1. The van der Waals surface area contributed by atoms with Gasteiger partial charge < -0.3 is 5.32 Å². The van der Waals surface area contributed by atoms with Crippen LogP contribution < -0.4 is 5.32 Å². The molecular formula is C19H16BrNO. The topological polar surface area (TPSA) is 29.1 Å². The van der Waals surface area contributed by atoms with E-state index in [9.17, 15) is 4.79 Å². The zero-order valence-electron chi connectivity index (χ0n) is 12.5. The second-order valence-electron chi connectivity index (χ2n) is 5.40. The zero-order valence-corrected chi connectivity index (χ0v) is 14.1. The third-order valence-electron chi connectivity index (χ3n) is 3.77. The number of carbonyl (C=O) groups excluding carboxylic acids is 1. The van der Waals surface area contributed by atoms with Crippen LogP contribution >= 0.6 is 15.9 Å². The average Bonchev–Trinajstić information content (AvgIpc) is 2.50. The maximum absolute atomic E-state index is 12.7. The van der Waals surface area contributed by atoms with Gasteiger partial charge >= 0.3 is 0 Å². The zero-order chi connectivity index (χ0) is 15.7. The second-order valence-corrected chi connectivity index (χ2v) is 6.31. The van der Waals surface area contributed by atoms with E-state index in [0.29, 0.717) is 5.56 Å². The lowest BCUT2D eigenvalue weighted by atomic mass is 10.0. The summed E-state index contributed by atoms with van der Waals surface area (Å²) in [6.45, 7) is 3.99. The van der Waals surface area contributed by atoms with Gasteiger partial charge in [0.15, 0.2) is 0 Å². The first kappa shape index (κ1) is 14.8. The summed E-state index contributed by atoms with van der Waals surface area (Å²) in [7, 11) is 0. The van der Waals surface area contributed by atoms with Gasteiger partial charge in [0, 0.05) is 15.7 Å². The van der Waals surface area contributed by atoms with Crippen molar-refractivity contribution in [3.8, 4) is 0 Å². The molecular weight excluding hydrogens is 338 g/mol. The van der Waals surface area contributed by atoms with E-state index < -0.39 is 0 Å². The smallest absolute Gasteiger partial charge is 0.256 e. The van der Waals surface area contributed by atoms with E-state index in [1.54, 1.807) is 0 Å². The SMILES string of the molecule is Cc1cc(Br)cc(C)c1NC(=O)c1cccc2ccccc12. The number of nitrogens with one attached hydrogen (secondary N) is 1. The number of carbonyl (C=O) groups is 1. The summed E-state index contributed by atoms with van der Waals surface area (Å²) in [5.41, 5.74) is 3.65. The first-order chi connectivity index (χ1) is 10.6. The number of halogens is 1. The van der Waals surface area contributed by atoms with E-state index in [2.05, 4.69) is 21.2 Å². The Kier molecular flexibility index (Phi) is 3.99. The Bertz CT molecular complexity index is 842. The lowest BCUT2D eigenvalue weighted by molar-refractivity contribution is 0.102. The number of benzene rings is 3. The molecule has 0 aliphatic carbocycles. The summed E-state index contributed by atoms with van der Waals surface area (Å²) in [5.74, 6) is -0.0784. The first-order valence-corrected chi connectivity index (χ1v) is 7.91. The molecule has 3 aromatic rings. The fraction of sp³-hybridized carbons (Fsp3) is 0.105. The number of fused-ring (bicyclic) bond motifs is 1. The van der Waals surface area contributed by atoms with Crippen LogP contribution in [0.2, 0.25) is 0 Å². The van der Waals surface area contributed by atoms with Crippen molar-refractivity contribution < 1.29 is 4.79 Å². The summed E-state index contributed by atoms with van der Waals surface area (Å²) in [4.78, 5) is 12.7. The van der Waals surface area contributed by atoms with Crippen LogP contribution in [0.25, 0.3) is 10.8 Å². The Labute approximate surface area is 138 Å². The van der Waals surface area contributed by atoms with Gasteiger partial charge in [-0.15, -0.1) is 0 Å². The minimum atomic E-state index is -0.0784. The summed E-state index contributed by atoms with van der Waals surface area (Å²) in [6.07, 6.45) is 0. The van der Waals surface area contributed by atoms with Crippen LogP contribution in [-0.2, 0) is 0 Å². The molecule has 0 saturated carbocycles. The van der Waals surface area contributed by atoms with Crippen LogP contribution in [0.1, 0.15) is 21.5 Å². The molecule has 1 N–H and O–H groups in total. The minimum Gasteiger partial charge on any atom is -0.321 e. The molecule has 22 heavy (non-hydrogen) atoms. The highest BCUT2D eigenvalue weighted by Gasteiger charge is 2.12. The minimum absolute atomic E-state index is 0.0784. The van der Waals surface area contributed by atoms with E-state index in [1.807, 2.05) is 68.4 Å². The van der Waals surface area contributed by atoms with Crippen molar-refractivity contribution >= 4 is 38.3 Å². The monoisotopic (exact) mass is 353 g/mol. The van der Waals surface area contributed by atoms with Crippen molar-refractivity contribution in [3.63, 3.8) is 0 Å². The summed E-state index contributed by atoms with van der Waals surface area (Å²) >= 11 is 3.48. The number of hydrogen-bond donors (Lipinski definition) is 1. The third kappa shape index (κ3) is 2.77. The molecule has 0 atom stereocenters. The molecule has 0 radical (unpaired) electrons. The molecule has 1 amide bonds. The van der Waals surface area contributed by atoms with Crippen LogP contribution in [0, 0.1) is 13.8 Å². The quantitative estimate of drug-likeness (QED) is 0.649. The highest BCUT2D eigenvalue weighted by atomic mass is 79.9. The molecule has 3 rings (SSSR count). The lowest BCUT2D eigenvalue weighted by Crippen LogP contribution is -2.14. The van der Waals surface area contributed by atoms with Crippen molar-refractivity contribution in [3.05, 3.63) is 75.8 Å². The number of amides is 1. The van der Waals surface area contributed by atoms with Gasteiger partial charge in [0.05, 0.1) is 0 Å². The maximum atomic E-state index is 12.7. The summed E-state index contributed by atoms with van der Waals surface area (Å²) in [5, 5.41) is 5.09. The molecule has 3 heteroatoms. The molecule has 0 saturated heterocycles. The highest BCUT2D eigenvalue weighted by molar-refractivity contribution is 9.10. The molecule has 3 aromatic carbocycles. The van der Waals surface area contributed by atoms with Gasteiger partial charge in [0.2, 0.25) is 0 Å². The standard InChI is InChI=1S/C19H16BrNO/c1-12-10-15(20)11-13(2)18(12)21-19(22)17-9-5-7-14-6-3-4-8-16(14)17/h3-11H,1-2H3,(H,21,22). The maximum Gasteiger partial charge on any atom is 0.256 e. The molecule has 0 bridgehead atoms. The fourth-order valence-corrected chi connectivity index (χ4v) is 3.40. The Balaban J connectivity index is 2.01. The molecule has 0 aromatic heterocycles. The molecule has 0 unspecified atom stereocenters.